The van der Waals surface area contributed by atoms with Crippen LogP contribution in [0.2, 0.25) is 0 Å². The Hall–Kier alpha value is -4.19. The summed E-state index contributed by atoms with van der Waals surface area (Å²) < 4.78 is 25.6. The zero-order chi connectivity index (χ0) is 22.4. The van der Waals surface area contributed by atoms with Crippen LogP contribution in [-0.4, -0.2) is 11.7 Å². The first-order valence-corrected chi connectivity index (χ1v) is 10.1. The summed E-state index contributed by atoms with van der Waals surface area (Å²) in [5.74, 6) is -1.45. The van der Waals surface area contributed by atoms with E-state index in [1.807, 2.05) is 18.2 Å². The molecule has 0 fully saturated rings. The van der Waals surface area contributed by atoms with Crippen LogP contribution in [0, 0.1) is 19.7 Å². The maximum atomic E-state index is 14.1. The highest BCUT2D eigenvalue weighted by Crippen LogP contribution is 2.34. The number of carbonyl (C=O) groups is 2. The monoisotopic (exact) mass is 427 g/mol. The fourth-order valence-corrected chi connectivity index (χ4v) is 3.76. The van der Waals surface area contributed by atoms with Gasteiger partial charge >= 0.3 is 0 Å². The third-order valence-electron chi connectivity index (χ3n) is 5.52. The first kappa shape index (κ1) is 19.8. The second kappa shape index (κ2) is 7.50. The lowest BCUT2D eigenvalue weighted by atomic mass is 10.0. The first-order valence-electron chi connectivity index (χ1n) is 10.1. The predicted molar refractivity (Wildman–Crippen MR) is 120 cm³/mol. The zero-order valence-electron chi connectivity index (χ0n) is 17.4. The summed E-state index contributed by atoms with van der Waals surface area (Å²) >= 11 is 0. The smallest absolute Gasteiger partial charge is 0.291 e. The summed E-state index contributed by atoms with van der Waals surface area (Å²) in [6, 6.07) is 18.6. The van der Waals surface area contributed by atoms with Crippen LogP contribution >= 0.6 is 0 Å². The van der Waals surface area contributed by atoms with E-state index in [2.05, 4.69) is 5.32 Å². The van der Waals surface area contributed by atoms with Crippen molar-refractivity contribution in [2.24, 2.45) is 0 Å². The number of hydrogen-bond donors (Lipinski definition) is 1. The normalized spacial score (nSPS) is 11.2. The number of aryl methyl sites for hydroxylation is 2. The number of fused-ring (bicyclic) bond motifs is 2. The van der Waals surface area contributed by atoms with E-state index in [0.29, 0.717) is 27.7 Å². The summed E-state index contributed by atoms with van der Waals surface area (Å²) in [6.07, 6.45) is 0. The number of hydrogen-bond acceptors (Lipinski definition) is 4. The lowest BCUT2D eigenvalue weighted by Gasteiger charge is -2.06. The van der Waals surface area contributed by atoms with Gasteiger partial charge in [-0.15, -0.1) is 0 Å². The third kappa shape index (κ3) is 3.17. The topological polar surface area (TPSA) is 72.5 Å². The number of halogens is 1. The molecule has 0 atom stereocenters. The van der Waals surface area contributed by atoms with Crippen LogP contribution in [0.15, 0.2) is 75.6 Å². The van der Waals surface area contributed by atoms with Crippen molar-refractivity contribution < 1.29 is 22.8 Å². The number of nitrogens with one attached hydrogen (secondary N) is 1. The standard InChI is InChI=1S/C26H18FNO4/c1-14-11-12-16(13-19(14)27)23(29)25-22(18-8-4-6-10-21(18)32-25)28-26(30)24-15(2)17-7-3-5-9-20(17)31-24/h3-13H,1-2H3,(H,28,30). The largest absolute Gasteiger partial charge is 0.451 e. The molecule has 32 heavy (non-hydrogen) atoms. The van der Waals surface area contributed by atoms with Crippen LogP contribution in [0.5, 0.6) is 0 Å². The molecule has 0 bridgehead atoms. The highest BCUT2D eigenvalue weighted by atomic mass is 19.1. The minimum absolute atomic E-state index is 0.0726. The first-order chi connectivity index (χ1) is 15.4. The van der Waals surface area contributed by atoms with E-state index >= 15 is 0 Å². The van der Waals surface area contributed by atoms with E-state index < -0.39 is 17.5 Å². The van der Waals surface area contributed by atoms with Gasteiger partial charge in [-0.25, -0.2) is 4.39 Å². The molecule has 0 spiro atoms. The number of rotatable bonds is 4. The molecule has 1 amide bonds. The second-order valence-electron chi connectivity index (χ2n) is 7.60. The van der Waals surface area contributed by atoms with Gasteiger partial charge in [-0.2, -0.15) is 0 Å². The van der Waals surface area contributed by atoms with Crippen LogP contribution in [0.4, 0.5) is 10.1 Å². The molecule has 0 saturated carbocycles. The fraction of sp³-hybridized carbons (Fsp3) is 0.0769. The predicted octanol–water partition coefficient (Wildman–Crippen LogP) is 6.42. The molecule has 5 aromatic rings. The Kier molecular flexibility index (Phi) is 4.63. The number of para-hydroxylation sites is 2. The molecule has 5 rings (SSSR count). The van der Waals surface area contributed by atoms with Crippen molar-refractivity contribution in [1.82, 2.24) is 0 Å². The number of carbonyl (C=O) groups excluding carboxylic acids is 2. The van der Waals surface area contributed by atoms with E-state index in [1.165, 1.54) is 18.2 Å². The Morgan fingerprint density at radius 1 is 0.812 bits per heavy atom. The van der Waals surface area contributed by atoms with Gasteiger partial charge in [-0.3, -0.25) is 9.59 Å². The molecule has 158 valence electrons. The molecular weight excluding hydrogens is 409 g/mol. The van der Waals surface area contributed by atoms with Gasteiger partial charge in [-0.05, 0) is 43.7 Å². The molecule has 5 nitrogen and oxygen atoms in total. The van der Waals surface area contributed by atoms with Gasteiger partial charge < -0.3 is 14.2 Å². The average molecular weight is 427 g/mol. The SMILES string of the molecule is Cc1ccc(C(=O)c2oc3ccccc3c2NC(=O)c2oc3ccccc3c2C)cc1F. The molecular formula is C26H18FNO4. The van der Waals surface area contributed by atoms with Crippen molar-refractivity contribution >= 4 is 39.3 Å². The molecule has 0 radical (unpaired) electrons. The summed E-state index contributed by atoms with van der Waals surface area (Å²) in [5.41, 5.74) is 2.50. The van der Waals surface area contributed by atoms with E-state index in [0.717, 1.165) is 5.39 Å². The van der Waals surface area contributed by atoms with Gasteiger partial charge in [0, 0.05) is 21.9 Å². The summed E-state index contributed by atoms with van der Waals surface area (Å²) in [4.78, 5) is 26.3. The molecule has 0 aliphatic heterocycles. The Morgan fingerprint density at radius 3 is 2.12 bits per heavy atom. The summed E-state index contributed by atoms with van der Waals surface area (Å²) in [6.45, 7) is 3.42. The fourth-order valence-electron chi connectivity index (χ4n) is 3.76. The summed E-state index contributed by atoms with van der Waals surface area (Å²) in [7, 11) is 0. The van der Waals surface area contributed by atoms with Crippen molar-refractivity contribution in [1.29, 1.82) is 0 Å². The molecule has 0 unspecified atom stereocenters. The van der Waals surface area contributed by atoms with Crippen molar-refractivity contribution in [2.45, 2.75) is 13.8 Å². The van der Waals surface area contributed by atoms with Gasteiger partial charge in [0.15, 0.2) is 11.5 Å². The van der Waals surface area contributed by atoms with E-state index in [4.69, 9.17) is 8.83 Å². The molecule has 3 aromatic carbocycles. The zero-order valence-corrected chi connectivity index (χ0v) is 17.4. The highest BCUT2D eigenvalue weighted by Gasteiger charge is 2.26. The van der Waals surface area contributed by atoms with Gasteiger partial charge in [0.1, 0.15) is 17.0 Å². The minimum atomic E-state index is -0.531. The van der Waals surface area contributed by atoms with Gasteiger partial charge in [0.05, 0.1) is 5.69 Å². The van der Waals surface area contributed by atoms with Crippen LogP contribution in [0.3, 0.4) is 0 Å². The van der Waals surface area contributed by atoms with Crippen LogP contribution in [0.25, 0.3) is 21.9 Å². The van der Waals surface area contributed by atoms with Crippen molar-refractivity contribution in [2.75, 3.05) is 5.32 Å². The quantitative estimate of drug-likeness (QED) is 0.336. The number of anilines is 1. The van der Waals surface area contributed by atoms with Gasteiger partial charge in [0.25, 0.3) is 5.91 Å². The van der Waals surface area contributed by atoms with E-state index in [1.54, 1.807) is 44.2 Å². The summed E-state index contributed by atoms with van der Waals surface area (Å²) in [5, 5.41) is 4.18. The Labute approximate surface area is 182 Å². The van der Waals surface area contributed by atoms with Crippen molar-refractivity contribution in [3.05, 3.63) is 101 Å². The van der Waals surface area contributed by atoms with Crippen LogP contribution in [0.1, 0.15) is 37.8 Å². The number of furan rings is 2. The molecule has 0 aliphatic carbocycles. The molecule has 0 saturated heterocycles. The number of amides is 1. The van der Waals surface area contributed by atoms with Crippen LogP contribution in [-0.2, 0) is 0 Å². The van der Waals surface area contributed by atoms with Gasteiger partial charge in [-0.1, -0.05) is 42.5 Å². The van der Waals surface area contributed by atoms with E-state index in [-0.39, 0.29) is 22.8 Å². The highest BCUT2D eigenvalue weighted by molar-refractivity contribution is 6.19. The molecule has 2 heterocycles. The lowest BCUT2D eigenvalue weighted by molar-refractivity contribution is 0.0997. The van der Waals surface area contributed by atoms with Gasteiger partial charge in [0.2, 0.25) is 5.78 Å². The van der Waals surface area contributed by atoms with Crippen LogP contribution < -0.4 is 5.32 Å². The Balaban J connectivity index is 1.60. The van der Waals surface area contributed by atoms with Crippen molar-refractivity contribution in [3.63, 3.8) is 0 Å². The second-order valence-corrected chi connectivity index (χ2v) is 7.60. The minimum Gasteiger partial charge on any atom is -0.451 e. The Morgan fingerprint density at radius 2 is 1.44 bits per heavy atom. The molecule has 2 aromatic heterocycles. The van der Waals surface area contributed by atoms with Crippen molar-refractivity contribution in [3.8, 4) is 0 Å². The maximum Gasteiger partial charge on any atom is 0.291 e. The number of ketones is 1. The third-order valence-corrected chi connectivity index (χ3v) is 5.52. The maximum absolute atomic E-state index is 14.1. The Bertz CT molecular complexity index is 1530. The number of benzene rings is 3. The molecule has 1 N–H and O–H groups in total. The molecule has 6 heteroatoms. The average Bonchev–Trinajstić information content (AvgIpc) is 3.33. The lowest BCUT2D eigenvalue weighted by Crippen LogP contribution is -2.14. The van der Waals surface area contributed by atoms with E-state index in [9.17, 15) is 14.0 Å². The molecule has 0 aliphatic rings.